The summed E-state index contributed by atoms with van der Waals surface area (Å²) in [7, 11) is 0. The van der Waals surface area contributed by atoms with Gasteiger partial charge in [0.05, 0.1) is 0 Å². The maximum Gasteiger partial charge on any atom is 0.339 e. The van der Waals surface area contributed by atoms with Crippen LogP contribution in [-0.2, 0) is 4.79 Å². The van der Waals surface area contributed by atoms with Crippen LogP contribution in [-0.4, -0.2) is 22.0 Å². The van der Waals surface area contributed by atoms with Crippen LogP contribution < -0.4 is 5.32 Å². The third-order valence-corrected chi connectivity index (χ3v) is 1.60. The minimum Gasteiger partial charge on any atom is -0.478 e. The molecule has 0 bridgehead atoms. The van der Waals surface area contributed by atoms with E-state index >= 15 is 0 Å². The molecule has 0 unspecified atom stereocenters. The number of hydrogen-bond donors (Lipinski definition) is 2. The molecule has 0 atom stereocenters. The summed E-state index contributed by atoms with van der Waals surface area (Å²) in [5.74, 6) is -1.48. The van der Waals surface area contributed by atoms with Gasteiger partial charge in [0.15, 0.2) is 0 Å². The fraction of sp³-hybridized carbons (Fsp3) is 0.100. The first-order valence-corrected chi connectivity index (χ1v) is 4.27. The van der Waals surface area contributed by atoms with Gasteiger partial charge in [0.25, 0.3) is 0 Å². The average Bonchev–Trinajstić information content (AvgIpc) is 2.18. The van der Waals surface area contributed by atoms with Gasteiger partial charge >= 0.3 is 5.97 Å². The van der Waals surface area contributed by atoms with Crippen LogP contribution in [0.4, 0.5) is 5.82 Å². The van der Waals surface area contributed by atoms with Gasteiger partial charge in [-0.25, -0.2) is 9.78 Å². The third kappa shape index (κ3) is 2.91. The lowest BCUT2D eigenvalue weighted by Gasteiger charge is -2.03. The van der Waals surface area contributed by atoms with Crippen molar-refractivity contribution in [3.05, 3.63) is 36.0 Å². The zero-order valence-corrected chi connectivity index (χ0v) is 8.10. The second-order valence-electron chi connectivity index (χ2n) is 2.69. The van der Waals surface area contributed by atoms with Crippen molar-refractivity contribution in [2.24, 2.45) is 0 Å². The molecule has 0 aliphatic rings. The molecule has 0 saturated heterocycles. The van der Waals surface area contributed by atoms with Crippen molar-refractivity contribution in [3.8, 4) is 0 Å². The molecule has 0 aliphatic carbocycles. The molecule has 0 saturated carbocycles. The highest BCUT2D eigenvalue weighted by Gasteiger charge is 2.11. The third-order valence-electron chi connectivity index (χ3n) is 1.60. The molecule has 1 aromatic heterocycles. The van der Waals surface area contributed by atoms with E-state index in [1.807, 2.05) is 0 Å². The van der Waals surface area contributed by atoms with Crippen LogP contribution in [0.15, 0.2) is 30.5 Å². The number of amides is 1. The van der Waals surface area contributed by atoms with Crippen molar-refractivity contribution in [1.29, 1.82) is 0 Å². The maximum absolute atomic E-state index is 11.2. The summed E-state index contributed by atoms with van der Waals surface area (Å²) in [5.41, 5.74) is -0.0321. The van der Waals surface area contributed by atoms with E-state index in [1.54, 1.807) is 13.0 Å². The minimum absolute atomic E-state index is 0.0321. The van der Waals surface area contributed by atoms with Crippen molar-refractivity contribution in [2.45, 2.75) is 6.92 Å². The van der Waals surface area contributed by atoms with E-state index in [-0.39, 0.29) is 11.4 Å². The number of nitrogens with zero attached hydrogens (tertiary/aromatic N) is 1. The van der Waals surface area contributed by atoms with Crippen LogP contribution in [0, 0.1) is 0 Å². The number of nitrogens with one attached hydrogen (secondary N) is 1. The molecule has 0 aliphatic heterocycles. The maximum atomic E-state index is 11.2. The number of carboxylic acids is 1. The molecule has 0 radical (unpaired) electrons. The number of carbonyl (C=O) groups is 2. The average molecular weight is 206 g/mol. The molecule has 1 rings (SSSR count). The molecule has 0 aromatic carbocycles. The fourth-order valence-electron chi connectivity index (χ4n) is 0.987. The number of allylic oxidation sites excluding steroid dienone is 1. The molecule has 1 aromatic rings. The molecule has 15 heavy (non-hydrogen) atoms. The molecule has 78 valence electrons. The van der Waals surface area contributed by atoms with E-state index < -0.39 is 11.9 Å². The lowest BCUT2D eigenvalue weighted by atomic mass is 10.2. The van der Waals surface area contributed by atoms with Crippen LogP contribution in [0.2, 0.25) is 0 Å². The summed E-state index contributed by atoms with van der Waals surface area (Å²) < 4.78 is 0. The highest BCUT2D eigenvalue weighted by Crippen LogP contribution is 2.10. The Hall–Kier alpha value is -2.17. The number of rotatable bonds is 3. The van der Waals surface area contributed by atoms with Crippen molar-refractivity contribution >= 4 is 17.7 Å². The van der Waals surface area contributed by atoms with Crippen molar-refractivity contribution in [2.75, 3.05) is 5.32 Å². The van der Waals surface area contributed by atoms with Gasteiger partial charge < -0.3 is 10.4 Å². The fourth-order valence-corrected chi connectivity index (χ4v) is 0.987. The summed E-state index contributed by atoms with van der Waals surface area (Å²) in [5, 5.41) is 11.2. The Kier molecular flexibility index (Phi) is 3.56. The Morgan fingerprint density at radius 3 is 2.87 bits per heavy atom. The molecule has 1 amide bonds. The Balaban J connectivity index is 2.94. The first-order chi connectivity index (χ1) is 7.15. The van der Waals surface area contributed by atoms with Gasteiger partial charge in [-0.2, -0.15) is 0 Å². The van der Waals surface area contributed by atoms with Gasteiger partial charge in [0.2, 0.25) is 5.91 Å². The summed E-state index contributed by atoms with van der Waals surface area (Å²) in [6.45, 7) is 1.69. The number of carbonyl (C=O) groups excluding carboxylic acids is 1. The molecule has 5 nitrogen and oxygen atoms in total. The Bertz CT molecular complexity index is 413. The second kappa shape index (κ2) is 4.90. The monoisotopic (exact) mass is 206 g/mol. The van der Waals surface area contributed by atoms with E-state index in [0.29, 0.717) is 0 Å². The Morgan fingerprint density at radius 2 is 2.27 bits per heavy atom. The highest BCUT2D eigenvalue weighted by molar-refractivity contribution is 6.03. The predicted molar refractivity (Wildman–Crippen MR) is 54.6 cm³/mol. The number of carboxylic acid groups (broad SMARTS) is 1. The zero-order valence-electron chi connectivity index (χ0n) is 8.10. The first-order valence-electron chi connectivity index (χ1n) is 4.27. The largest absolute Gasteiger partial charge is 0.478 e. The Labute approximate surface area is 86.5 Å². The SMILES string of the molecule is C/C=C/C(=O)Nc1ncccc1C(=O)O. The van der Waals surface area contributed by atoms with Crippen LogP contribution in [0.3, 0.4) is 0 Å². The smallest absolute Gasteiger partial charge is 0.339 e. The number of anilines is 1. The molecular weight excluding hydrogens is 196 g/mol. The number of aromatic nitrogens is 1. The van der Waals surface area contributed by atoms with Gasteiger partial charge in [0, 0.05) is 6.20 Å². The predicted octanol–water partition coefficient (Wildman–Crippen LogP) is 1.29. The Morgan fingerprint density at radius 1 is 1.53 bits per heavy atom. The molecule has 1 heterocycles. The van der Waals surface area contributed by atoms with E-state index in [9.17, 15) is 9.59 Å². The summed E-state index contributed by atoms with van der Waals surface area (Å²) in [6.07, 6.45) is 4.26. The van der Waals surface area contributed by atoms with Gasteiger partial charge in [-0.1, -0.05) is 6.08 Å². The van der Waals surface area contributed by atoms with Crippen molar-refractivity contribution in [1.82, 2.24) is 4.98 Å². The molecular formula is C10H10N2O3. The van der Waals surface area contributed by atoms with Crippen LogP contribution in [0.5, 0.6) is 0 Å². The summed E-state index contributed by atoms with van der Waals surface area (Å²) >= 11 is 0. The van der Waals surface area contributed by atoms with Crippen LogP contribution in [0.25, 0.3) is 0 Å². The van der Waals surface area contributed by atoms with Gasteiger partial charge in [0.1, 0.15) is 11.4 Å². The van der Waals surface area contributed by atoms with Gasteiger partial charge in [-0.3, -0.25) is 4.79 Å². The normalized spacial score (nSPS) is 10.2. The van der Waals surface area contributed by atoms with Crippen LogP contribution >= 0.6 is 0 Å². The first kappa shape index (κ1) is 10.9. The number of hydrogen-bond acceptors (Lipinski definition) is 3. The molecule has 0 fully saturated rings. The second-order valence-corrected chi connectivity index (χ2v) is 2.69. The molecule has 2 N–H and O–H groups in total. The standard InChI is InChI=1S/C10H10N2O3/c1-2-4-8(13)12-9-7(10(14)15)5-3-6-11-9/h2-6H,1H3,(H,14,15)(H,11,12,13)/b4-2+. The number of pyridine rings is 1. The molecule has 0 spiro atoms. The zero-order chi connectivity index (χ0) is 11.3. The van der Waals surface area contributed by atoms with Crippen molar-refractivity contribution < 1.29 is 14.7 Å². The minimum atomic E-state index is -1.13. The van der Waals surface area contributed by atoms with E-state index in [1.165, 1.54) is 24.4 Å². The quantitative estimate of drug-likeness (QED) is 0.730. The summed E-state index contributed by atoms with van der Waals surface area (Å²) in [4.78, 5) is 25.7. The van der Waals surface area contributed by atoms with Gasteiger partial charge in [-0.15, -0.1) is 0 Å². The summed E-state index contributed by atoms with van der Waals surface area (Å²) in [6, 6.07) is 2.87. The molecule has 5 heteroatoms. The van der Waals surface area contributed by atoms with Gasteiger partial charge in [-0.05, 0) is 25.1 Å². The van der Waals surface area contributed by atoms with E-state index in [2.05, 4.69) is 10.3 Å². The van der Waals surface area contributed by atoms with Crippen LogP contribution in [0.1, 0.15) is 17.3 Å². The van der Waals surface area contributed by atoms with Crippen molar-refractivity contribution in [3.63, 3.8) is 0 Å². The number of aromatic carboxylic acids is 1. The highest BCUT2D eigenvalue weighted by atomic mass is 16.4. The van der Waals surface area contributed by atoms with E-state index in [4.69, 9.17) is 5.11 Å². The lowest BCUT2D eigenvalue weighted by Crippen LogP contribution is -2.13. The lowest BCUT2D eigenvalue weighted by molar-refractivity contribution is -0.111. The van der Waals surface area contributed by atoms with E-state index in [0.717, 1.165) is 0 Å². The topological polar surface area (TPSA) is 79.3 Å².